The summed E-state index contributed by atoms with van der Waals surface area (Å²) in [5, 5.41) is 2.84. The van der Waals surface area contributed by atoms with E-state index in [1.54, 1.807) is 0 Å². The Hall–Kier alpha value is -2.41. The van der Waals surface area contributed by atoms with Crippen molar-refractivity contribution in [2.24, 2.45) is 0 Å². The molecule has 0 bridgehead atoms. The molecule has 2 unspecified atom stereocenters. The van der Waals surface area contributed by atoms with Crippen molar-refractivity contribution >= 4 is 10.8 Å². The molecule has 1 aromatic heterocycles. The van der Waals surface area contributed by atoms with Crippen LogP contribution in [0.25, 0.3) is 22.0 Å². The van der Waals surface area contributed by atoms with E-state index < -0.39 is 0 Å². The minimum atomic E-state index is 0.0486. The van der Waals surface area contributed by atoms with Gasteiger partial charge in [-0.25, -0.2) is 0 Å². The fraction of sp³-hybridized carbons (Fsp3) is 0.393. The van der Waals surface area contributed by atoms with Gasteiger partial charge in [0, 0.05) is 12.5 Å². The Labute approximate surface area is 175 Å². The van der Waals surface area contributed by atoms with Gasteiger partial charge < -0.3 is 0 Å². The van der Waals surface area contributed by atoms with Crippen LogP contribution in [0.15, 0.2) is 60.8 Å². The molecule has 1 heteroatoms. The SMILES string of the molecule is CCCCc1cccc2c3[n+](ccc12)C1(CC)C=CC1(CC)c1ccc(C)cc1-3. The van der Waals surface area contributed by atoms with Crippen LogP contribution in [-0.4, -0.2) is 0 Å². The molecule has 0 saturated carbocycles. The molecular formula is C28H32N+. The monoisotopic (exact) mass is 382 g/mol. The highest BCUT2D eigenvalue weighted by Crippen LogP contribution is 2.57. The van der Waals surface area contributed by atoms with E-state index in [1.165, 1.54) is 51.6 Å². The van der Waals surface area contributed by atoms with Gasteiger partial charge >= 0.3 is 0 Å². The van der Waals surface area contributed by atoms with Gasteiger partial charge in [-0.2, -0.15) is 4.57 Å². The van der Waals surface area contributed by atoms with Crippen LogP contribution in [0, 0.1) is 6.92 Å². The lowest BCUT2D eigenvalue weighted by Gasteiger charge is -2.52. The van der Waals surface area contributed by atoms with E-state index in [0.717, 1.165) is 19.3 Å². The highest BCUT2D eigenvalue weighted by molar-refractivity contribution is 5.96. The molecule has 0 saturated heterocycles. The summed E-state index contributed by atoms with van der Waals surface area (Å²) in [5.74, 6) is 0. The molecule has 3 aromatic rings. The molecule has 2 aromatic carbocycles. The third-order valence-corrected chi connectivity index (χ3v) is 7.74. The topological polar surface area (TPSA) is 3.88 Å². The van der Waals surface area contributed by atoms with E-state index in [1.807, 2.05) is 0 Å². The van der Waals surface area contributed by atoms with Gasteiger partial charge in [-0.15, -0.1) is 0 Å². The Bertz CT molecular complexity index is 1140. The third kappa shape index (κ3) is 2.25. The lowest BCUT2D eigenvalue weighted by molar-refractivity contribution is -0.758. The van der Waals surface area contributed by atoms with E-state index in [0.29, 0.717) is 0 Å². The summed E-state index contributed by atoms with van der Waals surface area (Å²) in [7, 11) is 0. The first-order chi connectivity index (χ1) is 14.1. The van der Waals surface area contributed by atoms with Gasteiger partial charge in [0.2, 0.25) is 5.69 Å². The van der Waals surface area contributed by atoms with E-state index in [2.05, 4.69) is 93.1 Å². The molecule has 1 aliphatic carbocycles. The zero-order valence-electron chi connectivity index (χ0n) is 18.3. The van der Waals surface area contributed by atoms with Crippen LogP contribution in [0.4, 0.5) is 0 Å². The number of unbranched alkanes of at least 4 members (excludes halogenated alkanes) is 1. The van der Waals surface area contributed by atoms with Crippen molar-refractivity contribution in [3.8, 4) is 11.3 Å². The van der Waals surface area contributed by atoms with Crippen LogP contribution in [0.5, 0.6) is 0 Å². The van der Waals surface area contributed by atoms with Gasteiger partial charge in [-0.1, -0.05) is 63.1 Å². The van der Waals surface area contributed by atoms with Crippen molar-refractivity contribution in [3.05, 3.63) is 77.5 Å². The highest BCUT2D eigenvalue weighted by atomic mass is 15.1. The summed E-state index contributed by atoms with van der Waals surface area (Å²) in [6.07, 6.45) is 13.2. The fourth-order valence-electron chi connectivity index (χ4n) is 6.12. The second kappa shape index (κ2) is 6.55. The quantitative estimate of drug-likeness (QED) is 0.338. The van der Waals surface area contributed by atoms with Gasteiger partial charge in [-0.3, -0.25) is 0 Å². The highest BCUT2D eigenvalue weighted by Gasteiger charge is 2.64. The van der Waals surface area contributed by atoms with Crippen molar-refractivity contribution in [2.45, 2.75) is 70.8 Å². The number of hydrogen-bond donors (Lipinski definition) is 0. The first-order valence-corrected chi connectivity index (χ1v) is 11.4. The molecule has 0 fully saturated rings. The van der Waals surface area contributed by atoms with E-state index in [4.69, 9.17) is 0 Å². The molecule has 0 N–H and O–H groups in total. The van der Waals surface area contributed by atoms with E-state index in [-0.39, 0.29) is 11.0 Å². The minimum Gasteiger partial charge on any atom is -0.187 e. The molecule has 0 amide bonds. The minimum absolute atomic E-state index is 0.0486. The Morgan fingerprint density at radius 3 is 2.45 bits per heavy atom. The molecule has 0 spiro atoms. The predicted octanol–water partition coefficient (Wildman–Crippen LogP) is 6.78. The van der Waals surface area contributed by atoms with Crippen LogP contribution in [0.1, 0.15) is 63.1 Å². The standard InChI is InChI=1S/C28H32N/c1-5-8-10-21-11-9-12-23-22(21)15-18-29-26(23)24-19-20(4)13-14-25(24)27(6-2)16-17-28(27,29)7-3/h9,11-19H,5-8,10H2,1-4H3/q+1. The summed E-state index contributed by atoms with van der Waals surface area (Å²) < 4.78 is 2.62. The predicted molar refractivity (Wildman–Crippen MR) is 122 cm³/mol. The number of pyridine rings is 1. The first-order valence-electron chi connectivity index (χ1n) is 11.4. The van der Waals surface area contributed by atoms with Gasteiger partial charge in [0.25, 0.3) is 0 Å². The molecule has 2 heterocycles. The maximum Gasteiger partial charge on any atom is 0.221 e. The fourth-order valence-corrected chi connectivity index (χ4v) is 6.12. The molecular weight excluding hydrogens is 350 g/mol. The first kappa shape index (κ1) is 18.6. The Kier molecular flexibility index (Phi) is 4.21. The smallest absolute Gasteiger partial charge is 0.187 e. The third-order valence-electron chi connectivity index (χ3n) is 7.74. The lowest BCUT2D eigenvalue weighted by atomic mass is 9.52. The number of nitrogens with zero attached hydrogens (tertiary/aromatic N) is 1. The van der Waals surface area contributed by atoms with Crippen molar-refractivity contribution in [1.29, 1.82) is 0 Å². The molecule has 2 aliphatic rings. The summed E-state index contributed by atoms with van der Waals surface area (Å²) in [5.41, 5.74) is 7.34. The van der Waals surface area contributed by atoms with Crippen molar-refractivity contribution in [3.63, 3.8) is 0 Å². The zero-order chi connectivity index (χ0) is 20.2. The van der Waals surface area contributed by atoms with Crippen LogP contribution >= 0.6 is 0 Å². The number of aryl methyl sites for hydroxylation is 2. The van der Waals surface area contributed by atoms with Gasteiger partial charge in [0.1, 0.15) is 0 Å². The second-order valence-corrected chi connectivity index (χ2v) is 9.00. The lowest BCUT2D eigenvalue weighted by Crippen LogP contribution is -2.72. The van der Waals surface area contributed by atoms with Crippen LogP contribution in [0.2, 0.25) is 0 Å². The van der Waals surface area contributed by atoms with Crippen molar-refractivity contribution in [2.75, 3.05) is 0 Å². The number of benzene rings is 2. The summed E-state index contributed by atoms with van der Waals surface area (Å²) >= 11 is 0. The van der Waals surface area contributed by atoms with E-state index in [9.17, 15) is 0 Å². The molecule has 5 rings (SSSR count). The zero-order valence-corrected chi connectivity index (χ0v) is 18.3. The maximum atomic E-state index is 2.62. The number of aromatic nitrogens is 1. The molecule has 1 aliphatic heterocycles. The van der Waals surface area contributed by atoms with Crippen LogP contribution in [-0.2, 0) is 17.4 Å². The molecule has 1 nitrogen and oxygen atoms in total. The number of rotatable bonds is 5. The number of allylic oxidation sites excluding steroid dienone is 2. The molecule has 2 atom stereocenters. The van der Waals surface area contributed by atoms with Gasteiger partial charge in [-0.05, 0) is 60.9 Å². The van der Waals surface area contributed by atoms with Crippen molar-refractivity contribution < 1.29 is 4.57 Å². The molecule has 148 valence electrons. The summed E-state index contributed by atoms with van der Waals surface area (Å²) in [4.78, 5) is 0. The largest absolute Gasteiger partial charge is 0.221 e. The van der Waals surface area contributed by atoms with Gasteiger partial charge in [0.15, 0.2) is 11.7 Å². The molecule has 0 radical (unpaired) electrons. The maximum absolute atomic E-state index is 2.62. The van der Waals surface area contributed by atoms with Crippen LogP contribution < -0.4 is 4.57 Å². The normalized spacial score (nSPS) is 24.0. The van der Waals surface area contributed by atoms with Crippen molar-refractivity contribution in [1.82, 2.24) is 0 Å². The average molecular weight is 383 g/mol. The van der Waals surface area contributed by atoms with E-state index >= 15 is 0 Å². The Morgan fingerprint density at radius 1 is 0.897 bits per heavy atom. The second-order valence-electron chi connectivity index (χ2n) is 9.00. The van der Waals surface area contributed by atoms with Crippen LogP contribution in [0.3, 0.4) is 0 Å². The Balaban J connectivity index is 1.89. The average Bonchev–Trinajstić information content (AvgIpc) is 2.73. The van der Waals surface area contributed by atoms with Gasteiger partial charge in [0.05, 0.1) is 16.4 Å². The summed E-state index contributed by atoms with van der Waals surface area (Å²) in [6, 6.07) is 16.4. The Morgan fingerprint density at radius 2 is 1.76 bits per heavy atom. The summed E-state index contributed by atoms with van der Waals surface area (Å²) in [6.45, 7) is 9.21. The number of hydrogen-bond acceptors (Lipinski definition) is 0. The number of fused-ring (bicyclic) bond motifs is 8. The molecule has 29 heavy (non-hydrogen) atoms.